The van der Waals surface area contributed by atoms with Gasteiger partial charge < -0.3 is 14.7 Å². The fraction of sp³-hybridized carbons (Fsp3) is 0.211. The van der Waals surface area contributed by atoms with Crippen LogP contribution < -0.4 is 4.74 Å². The van der Waals surface area contributed by atoms with Gasteiger partial charge in [0, 0.05) is 11.6 Å². The van der Waals surface area contributed by atoms with Crippen molar-refractivity contribution in [3.8, 4) is 5.75 Å². The molecule has 0 radical (unpaired) electrons. The summed E-state index contributed by atoms with van der Waals surface area (Å²) in [5.74, 6) is 0.114. The van der Waals surface area contributed by atoms with Gasteiger partial charge in [0.2, 0.25) is 5.69 Å². The predicted molar refractivity (Wildman–Crippen MR) is 93.9 cm³/mol. The number of aldehydes is 1. The van der Waals surface area contributed by atoms with Crippen molar-refractivity contribution in [1.29, 1.82) is 0 Å². The van der Waals surface area contributed by atoms with Crippen molar-refractivity contribution >= 4 is 24.2 Å². The van der Waals surface area contributed by atoms with E-state index in [0.717, 1.165) is 0 Å². The van der Waals surface area contributed by atoms with Crippen molar-refractivity contribution in [3.05, 3.63) is 64.4 Å². The molecule has 6 heteroatoms. The first kappa shape index (κ1) is 18.2. The van der Waals surface area contributed by atoms with E-state index in [2.05, 4.69) is 0 Å². The second-order valence-corrected chi connectivity index (χ2v) is 5.07. The first-order valence-corrected chi connectivity index (χ1v) is 7.89. The Kier molecular flexibility index (Phi) is 6.28. The number of benzene rings is 2. The summed E-state index contributed by atoms with van der Waals surface area (Å²) in [5, 5.41) is 12.4. The molecule has 0 bridgehead atoms. The van der Waals surface area contributed by atoms with E-state index in [1.165, 1.54) is 18.3 Å². The minimum absolute atomic E-state index is 0.216. The number of nitrogens with zero attached hydrogens (tertiary/aromatic N) is 1. The van der Waals surface area contributed by atoms with Gasteiger partial charge in [0.1, 0.15) is 5.75 Å². The van der Waals surface area contributed by atoms with Crippen LogP contribution in [-0.2, 0) is 4.74 Å². The monoisotopic (exact) mass is 341 g/mol. The van der Waals surface area contributed by atoms with E-state index in [9.17, 15) is 14.8 Å². The molecule has 0 aromatic heterocycles. The molecule has 6 nitrogen and oxygen atoms in total. The third-order valence-electron chi connectivity index (χ3n) is 3.36. The Morgan fingerprint density at radius 2 is 1.84 bits per heavy atom. The zero-order valence-corrected chi connectivity index (χ0v) is 14.1. The van der Waals surface area contributed by atoms with Crippen LogP contribution in [0.4, 0.5) is 5.69 Å². The van der Waals surface area contributed by atoms with Crippen molar-refractivity contribution in [2.75, 3.05) is 13.2 Å². The first-order chi connectivity index (χ1) is 12.1. The highest BCUT2D eigenvalue weighted by Crippen LogP contribution is 2.23. The molecule has 0 N–H and O–H groups in total. The Bertz CT molecular complexity index is 781. The summed E-state index contributed by atoms with van der Waals surface area (Å²) >= 11 is 0. The van der Waals surface area contributed by atoms with Crippen molar-refractivity contribution in [3.63, 3.8) is 0 Å². The molecule has 2 rings (SSSR count). The molecule has 0 aliphatic heterocycles. The minimum atomic E-state index is -0.414. The molecule has 0 fully saturated rings. The van der Waals surface area contributed by atoms with Gasteiger partial charge in [0.25, 0.3) is 0 Å². The number of hydrogen-bond donors (Lipinski definition) is 0. The Morgan fingerprint density at radius 3 is 2.44 bits per heavy atom. The molecular weight excluding hydrogens is 322 g/mol. The van der Waals surface area contributed by atoms with Crippen LogP contribution in [0.3, 0.4) is 0 Å². The van der Waals surface area contributed by atoms with Gasteiger partial charge >= 0.3 is 5.97 Å². The maximum Gasteiger partial charge on any atom is 0.338 e. The molecule has 0 aliphatic carbocycles. The Morgan fingerprint density at radius 1 is 1.12 bits per heavy atom. The van der Waals surface area contributed by atoms with E-state index in [4.69, 9.17) is 9.47 Å². The molecule has 2 aromatic rings. The summed E-state index contributed by atoms with van der Waals surface area (Å²) < 4.78 is 10.8. The fourth-order valence-electron chi connectivity index (χ4n) is 2.21. The number of rotatable bonds is 7. The lowest BCUT2D eigenvalue weighted by Gasteiger charge is -2.08. The van der Waals surface area contributed by atoms with E-state index in [1.807, 2.05) is 6.92 Å². The molecule has 0 heterocycles. The first-order valence-electron chi connectivity index (χ1n) is 7.89. The van der Waals surface area contributed by atoms with E-state index < -0.39 is 5.97 Å². The lowest BCUT2D eigenvalue weighted by atomic mass is 10.1. The van der Waals surface area contributed by atoms with Crippen LogP contribution in [0.1, 0.15) is 40.1 Å². The maximum atomic E-state index is 12.4. The third kappa shape index (κ3) is 4.67. The van der Waals surface area contributed by atoms with E-state index >= 15 is 0 Å². The van der Waals surface area contributed by atoms with E-state index in [1.54, 1.807) is 37.3 Å². The average molecular weight is 341 g/mol. The van der Waals surface area contributed by atoms with Crippen molar-refractivity contribution in [1.82, 2.24) is 0 Å². The highest BCUT2D eigenvalue weighted by Gasteiger charge is 2.12. The summed E-state index contributed by atoms with van der Waals surface area (Å²) in [6.45, 7) is 4.34. The molecule has 0 saturated carbocycles. The standard InChI is InChI=1S/C19H19NO5/c1-3-24-17-9-10-18(16(11-17)13-21)20(23)12-14-5-7-15(8-6-14)19(22)25-4-2/h5-13H,3-4H2,1-2H3. The van der Waals surface area contributed by atoms with Crippen LogP contribution in [0, 0.1) is 5.21 Å². The molecule has 130 valence electrons. The minimum Gasteiger partial charge on any atom is -0.618 e. The van der Waals surface area contributed by atoms with Gasteiger partial charge in [-0.15, -0.1) is 0 Å². The fourth-order valence-corrected chi connectivity index (χ4v) is 2.21. The number of hydrogen-bond acceptors (Lipinski definition) is 5. The zero-order valence-electron chi connectivity index (χ0n) is 14.1. The van der Waals surface area contributed by atoms with Gasteiger partial charge in [0.15, 0.2) is 12.5 Å². The van der Waals surface area contributed by atoms with Crippen LogP contribution in [0.5, 0.6) is 5.75 Å². The second kappa shape index (κ2) is 8.63. The van der Waals surface area contributed by atoms with Crippen LogP contribution in [0.2, 0.25) is 0 Å². The highest BCUT2D eigenvalue weighted by molar-refractivity contribution is 5.90. The summed E-state index contributed by atoms with van der Waals surface area (Å²) in [7, 11) is 0. The highest BCUT2D eigenvalue weighted by atomic mass is 16.5. The van der Waals surface area contributed by atoms with Crippen molar-refractivity contribution < 1.29 is 23.8 Å². The van der Waals surface area contributed by atoms with Gasteiger partial charge in [-0.3, -0.25) is 4.79 Å². The Balaban J connectivity index is 2.26. The SMILES string of the molecule is CCOC(=O)c1ccc(C=[N+]([O-])c2ccc(OCC)cc2C=O)cc1. The summed E-state index contributed by atoms with van der Waals surface area (Å²) in [6, 6.07) is 11.1. The van der Waals surface area contributed by atoms with Crippen molar-refractivity contribution in [2.24, 2.45) is 0 Å². The largest absolute Gasteiger partial charge is 0.618 e. The quantitative estimate of drug-likeness (QED) is 0.193. The average Bonchev–Trinajstić information content (AvgIpc) is 2.62. The lowest BCUT2D eigenvalue weighted by Crippen LogP contribution is -2.05. The van der Waals surface area contributed by atoms with Crippen LogP contribution in [-0.4, -0.2) is 36.4 Å². The number of ether oxygens (including phenoxy) is 2. The van der Waals surface area contributed by atoms with Crippen LogP contribution in [0.25, 0.3) is 0 Å². The molecule has 0 saturated heterocycles. The van der Waals surface area contributed by atoms with Gasteiger partial charge in [-0.25, -0.2) is 4.79 Å². The Hall–Kier alpha value is -3.15. The van der Waals surface area contributed by atoms with Gasteiger partial charge in [-0.05, 0) is 50.2 Å². The molecule has 25 heavy (non-hydrogen) atoms. The number of esters is 1. The van der Waals surface area contributed by atoms with E-state index in [0.29, 0.717) is 41.1 Å². The second-order valence-electron chi connectivity index (χ2n) is 5.07. The van der Waals surface area contributed by atoms with Crippen LogP contribution in [0.15, 0.2) is 42.5 Å². The zero-order chi connectivity index (χ0) is 18.2. The Labute approximate surface area is 145 Å². The van der Waals surface area contributed by atoms with Gasteiger partial charge in [0.05, 0.1) is 24.3 Å². The molecular formula is C19H19NO5. The number of carbonyl (C=O) groups is 2. The summed E-state index contributed by atoms with van der Waals surface area (Å²) in [6.07, 6.45) is 1.94. The number of carbonyl (C=O) groups excluding carboxylic acids is 2. The van der Waals surface area contributed by atoms with Gasteiger partial charge in [-0.1, -0.05) is 0 Å². The predicted octanol–water partition coefficient (Wildman–Crippen LogP) is 3.34. The molecule has 0 aliphatic rings. The smallest absolute Gasteiger partial charge is 0.338 e. The molecule has 0 spiro atoms. The molecule has 0 atom stereocenters. The normalized spacial score (nSPS) is 11.0. The molecule has 2 aromatic carbocycles. The lowest BCUT2D eigenvalue weighted by molar-refractivity contribution is -0.354. The van der Waals surface area contributed by atoms with E-state index in [-0.39, 0.29) is 11.3 Å². The summed E-state index contributed by atoms with van der Waals surface area (Å²) in [5.41, 5.74) is 1.45. The maximum absolute atomic E-state index is 12.4. The van der Waals surface area contributed by atoms with Crippen LogP contribution >= 0.6 is 0 Å². The third-order valence-corrected chi connectivity index (χ3v) is 3.36. The summed E-state index contributed by atoms with van der Waals surface area (Å²) in [4.78, 5) is 22.8. The molecule has 0 unspecified atom stereocenters. The topological polar surface area (TPSA) is 78.7 Å². The molecule has 0 amide bonds. The van der Waals surface area contributed by atoms with Crippen molar-refractivity contribution in [2.45, 2.75) is 13.8 Å². The van der Waals surface area contributed by atoms with Gasteiger partial charge in [-0.2, -0.15) is 4.74 Å².